The summed E-state index contributed by atoms with van der Waals surface area (Å²) in [6, 6.07) is 1.76. The molecule has 0 aliphatic heterocycles. The van der Waals surface area contributed by atoms with Crippen LogP contribution in [0.3, 0.4) is 0 Å². The first kappa shape index (κ1) is 22.9. The predicted molar refractivity (Wildman–Crippen MR) is 126 cm³/mol. The van der Waals surface area contributed by atoms with Crippen molar-refractivity contribution in [3.8, 4) is 0 Å². The molecule has 0 fully saturated rings. The molecule has 4 rings (SSSR count). The molecule has 3 aromatic heterocycles. The molecular formula is C23H27N5O4S. The Morgan fingerprint density at radius 3 is 2.67 bits per heavy atom. The Kier molecular flexibility index (Phi) is 6.20. The van der Waals surface area contributed by atoms with Crippen molar-refractivity contribution in [1.82, 2.24) is 14.8 Å². The highest BCUT2D eigenvalue weighted by Gasteiger charge is 2.26. The largest absolute Gasteiger partial charge is 0.452 e. The number of nitrogens with zero attached hydrogens (tertiary/aromatic N) is 3. The van der Waals surface area contributed by atoms with E-state index in [9.17, 15) is 14.4 Å². The number of nitrogens with two attached hydrogens (primary N) is 1. The number of hydrogen-bond donors (Lipinski definition) is 2. The van der Waals surface area contributed by atoms with Gasteiger partial charge in [-0.25, -0.2) is 14.5 Å². The standard InChI is InChI=1S/C23H27N5O4S/c1-11(2)16-8-14(15-9-25-28(12(3)4)21(15)26-16)23(31)32-10-18(29)27-22-19(20(24)30)13-6-5-7-17(13)33-22/h8-9,11-12H,5-7,10H2,1-4H3,(H2,24,30)(H,27,29). The minimum absolute atomic E-state index is 0.0685. The fourth-order valence-electron chi connectivity index (χ4n) is 4.00. The molecule has 0 radical (unpaired) electrons. The molecule has 0 atom stereocenters. The normalized spacial score (nSPS) is 13.0. The van der Waals surface area contributed by atoms with E-state index in [4.69, 9.17) is 10.5 Å². The number of carbonyl (C=O) groups is 3. The number of fused-ring (bicyclic) bond motifs is 2. The third-order valence-electron chi connectivity index (χ3n) is 5.64. The maximum Gasteiger partial charge on any atom is 0.339 e. The maximum absolute atomic E-state index is 12.9. The highest BCUT2D eigenvalue weighted by atomic mass is 32.1. The topological polar surface area (TPSA) is 129 Å². The molecule has 0 bridgehead atoms. The van der Waals surface area contributed by atoms with E-state index in [1.54, 1.807) is 16.9 Å². The highest BCUT2D eigenvalue weighted by molar-refractivity contribution is 7.17. The molecule has 3 N–H and O–H groups in total. The molecule has 0 saturated carbocycles. The Labute approximate surface area is 195 Å². The van der Waals surface area contributed by atoms with Gasteiger partial charge in [0.05, 0.1) is 22.7 Å². The lowest BCUT2D eigenvalue weighted by atomic mass is 10.1. The molecule has 0 aromatic carbocycles. The van der Waals surface area contributed by atoms with Crippen LogP contribution in [0, 0.1) is 0 Å². The van der Waals surface area contributed by atoms with Gasteiger partial charge in [-0.2, -0.15) is 5.10 Å². The monoisotopic (exact) mass is 469 g/mol. The van der Waals surface area contributed by atoms with Crippen LogP contribution in [-0.4, -0.2) is 39.2 Å². The Bertz CT molecular complexity index is 1260. The van der Waals surface area contributed by atoms with E-state index in [0.29, 0.717) is 27.2 Å². The van der Waals surface area contributed by atoms with Crippen molar-refractivity contribution in [2.75, 3.05) is 11.9 Å². The molecule has 174 valence electrons. The van der Waals surface area contributed by atoms with Crippen LogP contribution < -0.4 is 11.1 Å². The summed E-state index contributed by atoms with van der Waals surface area (Å²) in [5.41, 5.74) is 8.48. The van der Waals surface area contributed by atoms with Gasteiger partial charge < -0.3 is 15.8 Å². The number of esters is 1. The summed E-state index contributed by atoms with van der Waals surface area (Å²) in [6.45, 7) is 7.46. The lowest BCUT2D eigenvalue weighted by Gasteiger charge is -2.12. The molecule has 0 unspecified atom stereocenters. The van der Waals surface area contributed by atoms with Crippen molar-refractivity contribution >= 4 is 45.2 Å². The molecule has 9 nitrogen and oxygen atoms in total. The number of anilines is 1. The Morgan fingerprint density at radius 1 is 1.24 bits per heavy atom. The first-order valence-corrected chi connectivity index (χ1v) is 11.8. The summed E-state index contributed by atoms with van der Waals surface area (Å²) < 4.78 is 7.08. The molecule has 0 spiro atoms. The second-order valence-electron chi connectivity index (χ2n) is 8.72. The summed E-state index contributed by atoms with van der Waals surface area (Å²) in [5.74, 6) is -1.64. The first-order chi connectivity index (χ1) is 15.7. The van der Waals surface area contributed by atoms with Crippen molar-refractivity contribution in [3.05, 3.63) is 39.5 Å². The second kappa shape index (κ2) is 8.93. The maximum atomic E-state index is 12.9. The summed E-state index contributed by atoms with van der Waals surface area (Å²) in [5, 5.41) is 8.04. The second-order valence-corrected chi connectivity index (χ2v) is 9.82. The molecule has 33 heavy (non-hydrogen) atoms. The number of aryl methyl sites for hydroxylation is 1. The Morgan fingerprint density at radius 2 is 2.00 bits per heavy atom. The third-order valence-corrected chi connectivity index (χ3v) is 6.85. The lowest BCUT2D eigenvalue weighted by Crippen LogP contribution is -2.23. The van der Waals surface area contributed by atoms with Gasteiger partial charge in [0.25, 0.3) is 11.8 Å². The van der Waals surface area contributed by atoms with Gasteiger partial charge >= 0.3 is 5.97 Å². The average molecular weight is 470 g/mol. The fraction of sp³-hybridized carbons (Fsp3) is 0.435. The van der Waals surface area contributed by atoms with E-state index in [1.807, 2.05) is 27.7 Å². The average Bonchev–Trinajstić information content (AvgIpc) is 3.44. The van der Waals surface area contributed by atoms with Crippen molar-refractivity contribution in [1.29, 1.82) is 0 Å². The zero-order valence-corrected chi connectivity index (χ0v) is 19.9. The van der Waals surface area contributed by atoms with Crippen molar-refractivity contribution in [3.63, 3.8) is 0 Å². The molecule has 1 aliphatic rings. The highest BCUT2D eigenvalue weighted by Crippen LogP contribution is 2.38. The zero-order valence-electron chi connectivity index (χ0n) is 19.1. The van der Waals surface area contributed by atoms with Gasteiger partial charge in [-0.1, -0.05) is 13.8 Å². The smallest absolute Gasteiger partial charge is 0.339 e. The van der Waals surface area contributed by atoms with Gasteiger partial charge in [-0.05, 0) is 50.7 Å². The summed E-state index contributed by atoms with van der Waals surface area (Å²) in [6.07, 6.45) is 4.20. The van der Waals surface area contributed by atoms with E-state index < -0.39 is 24.4 Å². The van der Waals surface area contributed by atoms with Crippen LogP contribution in [0.1, 0.15) is 82.9 Å². The zero-order chi connectivity index (χ0) is 23.9. The SMILES string of the molecule is CC(C)c1cc(C(=O)OCC(=O)Nc2sc3c(c2C(N)=O)CCC3)c2cnn(C(C)C)c2n1. The number of aromatic nitrogens is 3. The lowest BCUT2D eigenvalue weighted by molar-refractivity contribution is -0.119. The van der Waals surface area contributed by atoms with Crippen LogP contribution in [0.15, 0.2) is 12.3 Å². The van der Waals surface area contributed by atoms with Crippen molar-refractivity contribution in [2.24, 2.45) is 5.73 Å². The summed E-state index contributed by atoms with van der Waals surface area (Å²) in [7, 11) is 0. The van der Waals surface area contributed by atoms with Crippen molar-refractivity contribution in [2.45, 2.75) is 58.9 Å². The van der Waals surface area contributed by atoms with Crippen LogP contribution in [0.2, 0.25) is 0 Å². The first-order valence-electron chi connectivity index (χ1n) is 11.0. The van der Waals surface area contributed by atoms with Gasteiger partial charge in [0.1, 0.15) is 5.00 Å². The van der Waals surface area contributed by atoms with Crippen LogP contribution >= 0.6 is 11.3 Å². The number of carbonyl (C=O) groups excluding carboxylic acids is 3. The minimum atomic E-state index is -0.633. The molecule has 1 aliphatic carbocycles. The molecular weight excluding hydrogens is 442 g/mol. The van der Waals surface area contributed by atoms with E-state index in [1.165, 1.54) is 11.3 Å². The fourth-order valence-corrected chi connectivity index (χ4v) is 5.32. The van der Waals surface area contributed by atoms with Gasteiger partial charge in [0, 0.05) is 16.6 Å². The molecule has 10 heteroatoms. The number of hydrogen-bond acceptors (Lipinski definition) is 7. The predicted octanol–water partition coefficient (Wildman–Crippen LogP) is 3.58. The molecule has 2 amide bonds. The number of pyridine rings is 1. The van der Waals surface area contributed by atoms with E-state index in [0.717, 1.165) is 35.4 Å². The Balaban J connectivity index is 1.53. The third kappa shape index (κ3) is 4.35. The van der Waals surface area contributed by atoms with Crippen LogP contribution in [0.25, 0.3) is 11.0 Å². The number of primary amides is 1. The van der Waals surface area contributed by atoms with Gasteiger partial charge in [0.15, 0.2) is 12.3 Å². The number of nitrogens with one attached hydrogen (secondary N) is 1. The molecule has 3 heterocycles. The quantitative estimate of drug-likeness (QED) is 0.509. The summed E-state index contributed by atoms with van der Waals surface area (Å²) in [4.78, 5) is 43.1. The van der Waals surface area contributed by atoms with Crippen LogP contribution in [-0.2, 0) is 22.4 Å². The molecule has 0 saturated heterocycles. The van der Waals surface area contributed by atoms with E-state index >= 15 is 0 Å². The minimum Gasteiger partial charge on any atom is -0.452 e. The number of rotatable bonds is 7. The van der Waals surface area contributed by atoms with Crippen LogP contribution in [0.4, 0.5) is 5.00 Å². The van der Waals surface area contributed by atoms with Gasteiger partial charge in [0.2, 0.25) is 0 Å². The van der Waals surface area contributed by atoms with Gasteiger partial charge in [-0.3, -0.25) is 9.59 Å². The van der Waals surface area contributed by atoms with Crippen molar-refractivity contribution < 1.29 is 19.1 Å². The van der Waals surface area contributed by atoms with Gasteiger partial charge in [-0.15, -0.1) is 11.3 Å². The number of thiophene rings is 1. The number of ether oxygens (including phenoxy) is 1. The Hall–Kier alpha value is -3.27. The summed E-state index contributed by atoms with van der Waals surface area (Å²) >= 11 is 1.36. The van der Waals surface area contributed by atoms with E-state index in [2.05, 4.69) is 15.4 Å². The molecule has 3 aromatic rings. The van der Waals surface area contributed by atoms with Crippen LogP contribution in [0.5, 0.6) is 0 Å². The number of amides is 2. The van der Waals surface area contributed by atoms with E-state index in [-0.39, 0.29) is 12.0 Å².